The lowest BCUT2D eigenvalue weighted by molar-refractivity contribution is -0.0401. The maximum absolute atomic E-state index is 8.99. The van der Waals surface area contributed by atoms with Crippen LogP contribution in [0.5, 0.6) is 0 Å². The van der Waals surface area contributed by atoms with Crippen LogP contribution in [-0.4, -0.2) is 47.5 Å². The van der Waals surface area contributed by atoms with Gasteiger partial charge in [0.2, 0.25) is 0 Å². The fourth-order valence-corrected chi connectivity index (χ4v) is 3.40. The van der Waals surface area contributed by atoms with E-state index in [0.29, 0.717) is 18.6 Å². The monoisotopic (exact) mass is 277 g/mol. The van der Waals surface area contributed by atoms with Crippen molar-refractivity contribution in [3.63, 3.8) is 0 Å². The average molecular weight is 277 g/mol. The Morgan fingerprint density at radius 3 is 2.95 bits per heavy atom. The zero-order chi connectivity index (χ0) is 13.8. The van der Waals surface area contributed by atoms with Crippen molar-refractivity contribution in [3.8, 4) is 0 Å². The number of aliphatic hydroxyl groups is 1. The van der Waals surface area contributed by atoms with Gasteiger partial charge in [0.15, 0.2) is 0 Å². The van der Waals surface area contributed by atoms with E-state index < -0.39 is 0 Å². The molecule has 1 fully saturated rings. The van der Waals surface area contributed by atoms with Gasteiger partial charge in [-0.1, -0.05) is 19.3 Å². The number of aliphatic hydroxyl groups excluding tert-OH is 1. The predicted molar refractivity (Wildman–Crippen MR) is 78.7 cm³/mol. The normalized spacial score (nSPS) is 30.2. The molecule has 5 heteroatoms. The third-order valence-corrected chi connectivity index (χ3v) is 4.41. The summed E-state index contributed by atoms with van der Waals surface area (Å²) in [4.78, 5) is 11.1. The molecule has 1 saturated carbocycles. The fourth-order valence-electron chi connectivity index (χ4n) is 3.40. The molecule has 0 saturated heterocycles. The van der Waals surface area contributed by atoms with Crippen molar-refractivity contribution < 1.29 is 9.84 Å². The number of ether oxygens (including phenoxy) is 1. The first kappa shape index (κ1) is 13.8. The van der Waals surface area contributed by atoms with Gasteiger partial charge in [-0.15, -0.1) is 0 Å². The van der Waals surface area contributed by atoms with Gasteiger partial charge in [0, 0.05) is 18.8 Å². The van der Waals surface area contributed by atoms with E-state index >= 15 is 0 Å². The lowest BCUT2D eigenvalue weighted by Gasteiger charge is -2.40. The first-order valence-electron chi connectivity index (χ1n) is 7.67. The molecule has 2 heterocycles. The molecule has 5 nitrogen and oxygen atoms in total. The van der Waals surface area contributed by atoms with Gasteiger partial charge in [0.1, 0.15) is 12.1 Å². The van der Waals surface area contributed by atoms with Crippen LogP contribution in [0.4, 0.5) is 0 Å². The Balaban J connectivity index is 1.75. The molecule has 2 unspecified atom stereocenters. The number of nitrogens with zero attached hydrogens (tertiary/aromatic N) is 3. The smallest absolute Gasteiger partial charge is 0.148 e. The number of hydrogen-bond acceptors (Lipinski definition) is 5. The standard InChI is InChI=1S/C15H23N3O2/c19-8-9-20-15-10-13(12-4-2-1-3-5-12)17-14-11-16-6-7-18(14)15/h6-7,11-13,15,19H,1-5,8-10H2. The number of fused-ring (bicyclic) bond motifs is 1. The van der Waals surface area contributed by atoms with Crippen molar-refractivity contribution in [3.05, 3.63) is 12.4 Å². The molecule has 0 aromatic heterocycles. The van der Waals surface area contributed by atoms with E-state index in [9.17, 15) is 0 Å². The van der Waals surface area contributed by atoms with Crippen LogP contribution < -0.4 is 0 Å². The van der Waals surface area contributed by atoms with Crippen molar-refractivity contribution >= 4 is 12.1 Å². The van der Waals surface area contributed by atoms with Gasteiger partial charge in [-0.05, 0) is 18.8 Å². The zero-order valence-electron chi connectivity index (χ0n) is 11.8. The van der Waals surface area contributed by atoms with Crippen molar-refractivity contribution in [2.45, 2.75) is 50.8 Å². The Morgan fingerprint density at radius 2 is 2.15 bits per heavy atom. The van der Waals surface area contributed by atoms with Gasteiger partial charge >= 0.3 is 0 Å². The van der Waals surface area contributed by atoms with Crippen molar-refractivity contribution in [2.75, 3.05) is 13.2 Å². The summed E-state index contributed by atoms with van der Waals surface area (Å²) in [5.74, 6) is 1.58. The van der Waals surface area contributed by atoms with Crippen molar-refractivity contribution in [2.24, 2.45) is 15.9 Å². The second kappa shape index (κ2) is 6.50. The molecule has 110 valence electrons. The highest BCUT2D eigenvalue weighted by Crippen LogP contribution is 2.33. The Hall–Kier alpha value is -1.20. The van der Waals surface area contributed by atoms with Gasteiger partial charge in [0.25, 0.3) is 0 Å². The Morgan fingerprint density at radius 1 is 1.30 bits per heavy atom. The first-order valence-corrected chi connectivity index (χ1v) is 7.67. The molecule has 0 spiro atoms. The van der Waals surface area contributed by atoms with E-state index in [1.807, 2.05) is 17.3 Å². The van der Waals surface area contributed by atoms with E-state index in [4.69, 9.17) is 14.8 Å². The Labute approximate surface area is 120 Å². The van der Waals surface area contributed by atoms with Crippen LogP contribution in [0.1, 0.15) is 38.5 Å². The predicted octanol–water partition coefficient (Wildman–Crippen LogP) is 1.93. The molecule has 3 aliphatic rings. The molecule has 0 aromatic rings. The Kier molecular flexibility index (Phi) is 4.47. The highest BCUT2D eigenvalue weighted by Gasteiger charge is 2.34. The third kappa shape index (κ3) is 2.94. The third-order valence-electron chi connectivity index (χ3n) is 4.41. The molecule has 1 aliphatic carbocycles. The minimum Gasteiger partial charge on any atom is -0.394 e. The summed E-state index contributed by atoms with van der Waals surface area (Å²) in [5, 5.41) is 8.99. The highest BCUT2D eigenvalue weighted by molar-refractivity contribution is 6.30. The van der Waals surface area contributed by atoms with Crippen LogP contribution in [0.2, 0.25) is 0 Å². The number of rotatable bonds is 4. The SMILES string of the molecule is OCCOC1CC(C2CCCCC2)N=C2C=NC=CN21. The maximum Gasteiger partial charge on any atom is 0.148 e. The van der Waals surface area contributed by atoms with Gasteiger partial charge in [0.05, 0.1) is 25.5 Å². The van der Waals surface area contributed by atoms with E-state index in [1.54, 1.807) is 6.20 Å². The minimum absolute atomic E-state index is 0.0235. The fraction of sp³-hybridized carbons (Fsp3) is 0.733. The van der Waals surface area contributed by atoms with Crippen LogP contribution in [-0.2, 0) is 4.74 Å². The van der Waals surface area contributed by atoms with Gasteiger partial charge < -0.3 is 14.7 Å². The number of hydrogen-bond donors (Lipinski definition) is 1. The lowest BCUT2D eigenvalue weighted by Crippen LogP contribution is -2.47. The van der Waals surface area contributed by atoms with Crippen LogP contribution in [0, 0.1) is 5.92 Å². The second-order valence-electron chi connectivity index (χ2n) is 5.72. The first-order chi connectivity index (χ1) is 9.88. The van der Waals surface area contributed by atoms with Crippen molar-refractivity contribution in [1.29, 1.82) is 0 Å². The van der Waals surface area contributed by atoms with Crippen LogP contribution in [0.25, 0.3) is 0 Å². The van der Waals surface area contributed by atoms with E-state index in [0.717, 1.165) is 12.3 Å². The summed E-state index contributed by atoms with van der Waals surface area (Å²) < 4.78 is 5.80. The molecule has 3 rings (SSSR count). The summed E-state index contributed by atoms with van der Waals surface area (Å²) >= 11 is 0. The van der Waals surface area contributed by atoms with Gasteiger partial charge in [-0.2, -0.15) is 0 Å². The van der Waals surface area contributed by atoms with Crippen LogP contribution in [0.15, 0.2) is 22.4 Å². The second-order valence-corrected chi connectivity index (χ2v) is 5.72. The highest BCUT2D eigenvalue weighted by atomic mass is 16.5. The molecule has 20 heavy (non-hydrogen) atoms. The summed E-state index contributed by atoms with van der Waals surface area (Å²) in [6, 6.07) is 0.336. The lowest BCUT2D eigenvalue weighted by atomic mass is 9.82. The van der Waals surface area contributed by atoms with E-state index in [2.05, 4.69) is 4.99 Å². The molecule has 0 bridgehead atoms. The summed E-state index contributed by atoms with van der Waals surface area (Å²) in [5.41, 5.74) is 0. The van der Waals surface area contributed by atoms with E-state index in [-0.39, 0.29) is 12.8 Å². The molecule has 0 amide bonds. The largest absolute Gasteiger partial charge is 0.394 e. The van der Waals surface area contributed by atoms with Crippen LogP contribution >= 0.6 is 0 Å². The molecule has 2 atom stereocenters. The molecular formula is C15H23N3O2. The molecule has 2 aliphatic heterocycles. The molecular weight excluding hydrogens is 254 g/mol. The minimum atomic E-state index is -0.0235. The molecule has 0 aromatic carbocycles. The number of aliphatic imine (C=N–C) groups is 2. The maximum atomic E-state index is 8.99. The summed E-state index contributed by atoms with van der Waals surface area (Å²) in [7, 11) is 0. The Bertz CT molecular complexity index is 413. The van der Waals surface area contributed by atoms with Crippen LogP contribution in [0.3, 0.4) is 0 Å². The molecule has 1 N–H and O–H groups in total. The average Bonchev–Trinajstić information content (AvgIpc) is 2.53. The summed E-state index contributed by atoms with van der Waals surface area (Å²) in [6.07, 6.45) is 12.9. The zero-order valence-corrected chi connectivity index (χ0v) is 11.8. The van der Waals surface area contributed by atoms with Crippen molar-refractivity contribution in [1.82, 2.24) is 4.90 Å². The topological polar surface area (TPSA) is 57.4 Å². The van der Waals surface area contributed by atoms with E-state index in [1.165, 1.54) is 32.1 Å². The molecule has 0 radical (unpaired) electrons. The number of amidine groups is 1. The van der Waals surface area contributed by atoms with Gasteiger partial charge in [-0.25, -0.2) is 0 Å². The summed E-state index contributed by atoms with van der Waals surface area (Å²) in [6.45, 7) is 0.430. The van der Waals surface area contributed by atoms with Gasteiger partial charge in [-0.3, -0.25) is 9.98 Å². The quantitative estimate of drug-likeness (QED) is 0.854.